The first kappa shape index (κ1) is 17.2. The van der Waals surface area contributed by atoms with Crippen molar-refractivity contribution in [2.45, 2.75) is 31.6 Å². The molecule has 2 fully saturated rings. The number of amides is 2. The van der Waals surface area contributed by atoms with Gasteiger partial charge >= 0.3 is 6.03 Å². The molecule has 1 aromatic heterocycles. The Morgan fingerprint density at radius 2 is 1.96 bits per heavy atom. The molecule has 134 valence electrons. The van der Waals surface area contributed by atoms with Crippen molar-refractivity contribution in [3.8, 4) is 0 Å². The van der Waals surface area contributed by atoms with E-state index in [1.807, 2.05) is 6.92 Å². The maximum absolute atomic E-state index is 11.7. The zero-order valence-corrected chi connectivity index (χ0v) is 14.8. The van der Waals surface area contributed by atoms with Crippen molar-refractivity contribution in [2.24, 2.45) is 0 Å². The van der Waals surface area contributed by atoms with Crippen LogP contribution < -0.4 is 5.32 Å². The van der Waals surface area contributed by atoms with E-state index in [1.54, 1.807) is 4.90 Å². The van der Waals surface area contributed by atoms with Crippen LogP contribution in [0.5, 0.6) is 0 Å². The number of hydrogen-bond donors (Lipinski definition) is 1. The lowest BCUT2D eigenvalue weighted by Crippen LogP contribution is -2.52. The Balaban J connectivity index is 1.53. The minimum atomic E-state index is -3.13. The molecule has 24 heavy (non-hydrogen) atoms. The molecule has 1 N–H and O–H groups in total. The third-order valence-electron chi connectivity index (χ3n) is 4.59. The fourth-order valence-electron chi connectivity index (χ4n) is 3.09. The van der Waals surface area contributed by atoms with E-state index >= 15 is 0 Å². The van der Waals surface area contributed by atoms with Crippen LogP contribution in [0.1, 0.15) is 43.3 Å². The summed E-state index contributed by atoms with van der Waals surface area (Å²) in [5.41, 5.74) is 0. The molecule has 3 heterocycles. The van der Waals surface area contributed by atoms with Gasteiger partial charge in [-0.1, -0.05) is 5.16 Å². The number of aromatic nitrogens is 2. The summed E-state index contributed by atoms with van der Waals surface area (Å²) in [6.45, 7) is 4.63. The van der Waals surface area contributed by atoms with E-state index in [2.05, 4.69) is 15.5 Å². The summed E-state index contributed by atoms with van der Waals surface area (Å²) in [7, 11) is -3.13. The van der Waals surface area contributed by atoms with E-state index in [4.69, 9.17) is 4.52 Å². The van der Waals surface area contributed by atoms with Crippen molar-refractivity contribution in [3.63, 3.8) is 0 Å². The molecule has 0 saturated carbocycles. The molecule has 0 spiro atoms. The normalized spacial score (nSPS) is 20.8. The van der Waals surface area contributed by atoms with Crippen LogP contribution in [0.2, 0.25) is 0 Å². The third-order valence-corrected chi connectivity index (χ3v) is 5.89. The highest BCUT2D eigenvalue weighted by Gasteiger charge is 2.36. The van der Waals surface area contributed by atoms with Gasteiger partial charge in [0.2, 0.25) is 15.9 Å². The topological polar surface area (TPSA) is 109 Å². The van der Waals surface area contributed by atoms with Gasteiger partial charge in [0.15, 0.2) is 5.82 Å². The smallest absolute Gasteiger partial charge is 0.317 e. The molecule has 9 nitrogen and oxygen atoms in total. The highest BCUT2D eigenvalue weighted by atomic mass is 32.2. The number of carbonyl (C=O) groups excluding carboxylic acids is 1. The van der Waals surface area contributed by atoms with E-state index < -0.39 is 10.0 Å². The molecule has 0 unspecified atom stereocenters. The Labute approximate surface area is 141 Å². The number of likely N-dealkylation sites (tertiary alicyclic amines) is 1. The molecule has 0 atom stereocenters. The van der Waals surface area contributed by atoms with Crippen molar-refractivity contribution in [3.05, 3.63) is 11.7 Å². The summed E-state index contributed by atoms with van der Waals surface area (Å²) < 4.78 is 29.9. The molecule has 10 heteroatoms. The predicted octanol–water partition coefficient (Wildman–Crippen LogP) is 0.337. The summed E-state index contributed by atoms with van der Waals surface area (Å²) in [5.74, 6) is 1.43. The van der Waals surface area contributed by atoms with E-state index in [0.29, 0.717) is 57.3 Å². The highest BCUT2D eigenvalue weighted by molar-refractivity contribution is 7.88. The molecule has 2 amide bonds. The van der Waals surface area contributed by atoms with Crippen LogP contribution in [0, 0.1) is 0 Å². The van der Waals surface area contributed by atoms with Gasteiger partial charge in [0.25, 0.3) is 0 Å². The first-order valence-corrected chi connectivity index (χ1v) is 10.0. The maximum atomic E-state index is 11.7. The van der Waals surface area contributed by atoms with Crippen molar-refractivity contribution in [2.75, 3.05) is 39.0 Å². The number of hydrogen-bond acceptors (Lipinski definition) is 6. The lowest BCUT2D eigenvalue weighted by atomic mass is 9.97. The molecule has 2 saturated heterocycles. The molecule has 2 aliphatic rings. The standard InChI is InChI=1S/C14H23N5O4S/c1-3-15-14(20)18-8-11(9-18)13-16-12(17-23-13)10-4-6-19(7-5-10)24(2,21)22/h10-11H,3-9H2,1-2H3,(H,15,20). The van der Waals surface area contributed by atoms with Crippen molar-refractivity contribution >= 4 is 16.1 Å². The summed E-state index contributed by atoms with van der Waals surface area (Å²) in [6, 6.07) is -0.0679. The van der Waals surface area contributed by atoms with Crippen LogP contribution in [-0.4, -0.2) is 72.8 Å². The Morgan fingerprint density at radius 3 is 2.54 bits per heavy atom. The van der Waals surface area contributed by atoms with Crippen LogP contribution in [0.25, 0.3) is 0 Å². The molecule has 2 aliphatic heterocycles. The average molecular weight is 357 g/mol. The fraction of sp³-hybridized carbons (Fsp3) is 0.786. The molecule has 0 bridgehead atoms. The predicted molar refractivity (Wildman–Crippen MR) is 86.1 cm³/mol. The first-order chi connectivity index (χ1) is 11.4. The van der Waals surface area contributed by atoms with Crippen molar-refractivity contribution in [1.29, 1.82) is 0 Å². The fourth-order valence-corrected chi connectivity index (χ4v) is 3.96. The number of nitrogens with one attached hydrogen (secondary N) is 1. The Bertz CT molecular complexity index is 690. The number of rotatable bonds is 4. The number of nitrogens with zero attached hydrogens (tertiary/aromatic N) is 4. The second-order valence-corrected chi connectivity index (χ2v) is 8.35. The average Bonchev–Trinajstić information content (AvgIpc) is 2.95. The molecular formula is C14H23N5O4S. The van der Waals surface area contributed by atoms with Gasteiger partial charge < -0.3 is 14.7 Å². The Morgan fingerprint density at radius 1 is 1.29 bits per heavy atom. The summed E-state index contributed by atoms with van der Waals surface area (Å²) in [6.07, 6.45) is 2.63. The quantitative estimate of drug-likeness (QED) is 0.832. The van der Waals surface area contributed by atoms with E-state index in [0.717, 1.165) is 0 Å². The third kappa shape index (κ3) is 3.54. The molecule has 0 aliphatic carbocycles. The van der Waals surface area contributed by atoms with Crippen LogP contribution in [0.3, 0.4) is 0 Å². The monoisotopic (exact) mass is 357 g/mol. The number of urea groups is 1. The van der Waals surface area contributed by atoms with Gasteiger partial charge in [0.1, 0.15) is 0 Å². The number of sulfonamides is 1. The minimum Gasteiger partial charge on any atom is -0.339 e. The summed E-state index contributed by atoms with van der Waals surface area (Å²) in [5, 5.41) is 6.82. The van der Waals surface area contributed by atoms with E-state index in [-0.39, 0.29) is 17.9 Å². The zero-order chi connectivity index (χ0) is 17.3. The number of carbonyl (C=O) groups is 1. The largest absolute Gasteiger partial charge is 0.339 e. The SMILES string of the molecule is CCNC(=O)N1CC(c2nc(C3CCN(S(C)(=O)=O)CC3)no2)C1. The lowest BCUT2D eigenvalue weighted by Gasteiger charge is -2.36. The highest BCUT2D eigenvalue weighted by Crippen LogP contribution is 2.30. The summed E-state index contributed by atoms with van der Waals surface area (Å²) in [4.78, 5) is 17.9. The van der Waals surface area contributed by atoms with E-state index in [1.165, 1.54) is 10.6 Å². The Kier molecular flexibility index (Phi) is 4.77. The first-order valence-electron chi connectivity index (χ1n) is 8.20. The van der Waals surface area contributed by atoms with Crippen LogP contribution in [0.15, 0.2) is 4.52 Å². The van der Waals surface area contributed by atoms with Crippen LogP contribution >= 0.6 is 0 Å². The molecule has 3 rings (SSSR count). The van der Waals surface area contributed by atoms with Gasteiger partial charge in [-0.2, -0.15) is 4.98 Å². The van der Waals surface area contributed by atoms with Gasteiger partial charge in [0.05, 0.1) is 12.2 Å². The molecule has 1 aromatic rings. The molecule has 0 radical (unpaired) electrons. The molecular weight excluding hydrogens is 334 g/mol. The second-order valence-electron chi connectivity index (χ2n) is 6.36. The maximum Gasteiger partial charge on any atom is 0.317 e. The van der Waals surface area contributed by atoms with Gasteiger partial charge in [-0.15, -0.1) is 0 Å². The minimum absolute atomic E-state index is 0.0679. The van der Waals surface area contributed by atoms with Crippen LogP contribution in [-0.2, 0) is 10.0 Å². The van der Waals surface area contributed by atoms with Gasteiger partial charge in [0, 0.05) is 38.6 Å². The zero-order valence-electron chi connectivity index (χ0n) is 13.9. The lowest BCUT2D eigenvalue weighted by molar-refractivity contribution is 0.137. The van der Waals surface area contributed by atoms with Crippen molar-refractivity contribution in [1.82, 2.24) is 24.7 Å². The van der Waals surface area contributed by atoms with Crippen molar-refractivity contribution < 1.29 is 17.7 Å². The van der Waals surface area contributed by atoms with E-state index in [9.17, 15) is 13.2 Å². The molecule has 0 aromatic carbocycles. The Hall–Kier alpha value is -1.68. The van der Waals surface area contributed by atoms with Gasteiger partial charge in [-0.3, -0.25) is 0 Å². The van der Waals surface area contributed by atoms with Gasteiger partial charge in [-0.05, 0) is 19.8 Å². The van der Waals surface area contributed by atoms with Gasteiger partial charge in [-0.25, -0.2) is 17.5 Å². The number of piperidine rings is 1. The summed E-state index contributed by atoms with van der Waals surface area (Å²) >= 11 is 0. The van der Waals surface area contributed by atoms with Crippen LogP contribution in [0.4, 0.5) is 4.79 Å². The second kappa shape index (κ2) is 6.67.